The number of methoxy groups -OCH3 is 1. The van der Waals surface area contributed by atoms with Gasteiger partial charge in [-0.3, -0.25) is 4.79 Å². The van der Waals surface area contributed by atoms with Gasteiger partial charge in [0.15, 0.2) is 0 Å². The minimum atomic E-state index is -0.185. The van der Waals surface area contributed by atoms with E-state index in [1.807, 2.05) is 0 Å². The van der Waals surface area contributed by atoms with E-state index >= 15 is 0 Å². The maximum atomic E-state index is 10.1. The Labute approximate surface area is 80.6 Å². The molecule has 1 radical (unpaired) electrons. The van der Waals surface area contributed by atoms with Crippen LogP contribution in [0.1, 0.15) is 12.8 Å². The molecule has 0 unspecified atom stereocenters. The molecule has 0 rings (SSSR count). The van der Waals surface area contributed by atoms with E-state index in [0.29, 0.717) is 19.4 Å². The number of nitrogens with two attached hydrogens (primary N) is 1. The molecule has 0 saturated heterocycles. The van der Waals surface area contributed by atoms with Gasteiger partial charge >= 0.3 is 24.5 Å². The van der Waals surface area contributed by atoms with Crippen LogP contribution in [0.3, 0.4) is 0 Å². The summed E-state index contributed by atoms with van der Waals surface area (Å²) in [5, 5.41) is 0. The number of rotatable bonds is 2. The third-order valence-corrected chi connectivity index (χ3v) is 0.609. The summed E-state index contributed by atoms with van der Waals surface area (Å²) in [6, 6.07) is 0. The van der Waals surface area contributed by atoms with Gasteiger partial charge in [0.25, 0.3) is 0 Å². The van der Waals surface area contributed by atoms with Crippen molar-refractivity contribution in [2.45, 2.75) is 12.8 Å². The van der Waals surface area contributed by atoms with E-state index in [4.69, 9.17) is 5.73 Å². The van der Waals surface area contributed by atoms with Crippen LogP contribution in [0.5, 0.6) is 0 Å². The minimum Gasteiger partial charge on any atom is -0.469 e. The van der Waals surface area contributed by atoms with Crippen molar-refractivity contribution in [3.05, 3.63) is 13.8 Å². The summed E-state index contributed by atoms with van der Waals surface area (Å²) in [6.07, 6.45) is 1.04. The quantitative estimate of drug-likeness (QED) is 0.518. The Bertz CT molecular complexity index is 78.8. The van der Waals surface area contributed by atoms with Crippen LogP contribution >= 0.6 is 0 Å². The normalized spacial score (nSPS) is 6.91. The molecule has 0 aliphatic rings. The number of esters is 1. The number of hydrogen-bond donors (Lipinski definition) is 1. The van der Waals surface area contributed by atoms with Crippen molar-refractivity contribution in [1.82, 2.24) is 0 Å². The van der Waals surface area contributed by atoms with E-state index in [0.717, 1.165) is 0 Å². The monoisotopic (exact) mass is 196 g/mol. The average molecular weight is 196 g/mol. The third kappa shape index (κ3) is 25.6. The van der Waals surface area contributed by atoms with Crippen molar-refractivity contribution in [2.75, 3.05) is 13.7 Å². The molecular formula is C7H15NO2V. The summed E-state index contributed by atoms with van der Waals surface area (Å²) in [6.45, 7) is 7.24. The smallest absolute Gasteiger partial charge is 0.469 e. The van der Waals surface area contributed by atoms with Crippen molar-refractivity contribution in [1.29, 1.82) is 0 Å². The maximum absolute atomic E-state index is 10.1. The average Bonchev–Trinajstić information content (AvgIpc) is 1.90. The van der Waals surface area contributed by atoms with Gasteiger partial charge in [-0.25, -0.2) is 0 Å². The van der Waals surface area contributed by atoms with Crippen LogP contribution < -0.4 is 5.73 Å². The predicted molar refractivity (Wildman–Crippen MR) is 41.0 cm³/mol. The minimum absolute atomic E-state index is 0. The summed E-state index contributed by atoms with van der Waals surface area (Å²) in [4.78, 5) is 10.1. The van der Waals surface area contributed by atoms with Gasteiger partial charge in [0.2, 0.25) is 0 Å². The van der Waals surface area contributed by atoms with E-state index in [-0.39, 0.29) is 24.5 Å². The van der Waals surface area contributed by atoms with Gasteiger partial charge in [-0.05, 0) is 0 Å². The molecule has 0 bridgehead atoms. The summed E-state index contributed by atoms with van der Waals surface area (Å²) in [5.74, 6) is -0.185. The van der Waals surface area contributed by atoms with E-state index in [1.165, 1.54) is 7.11 Å². The molecule has 11 heavy (non-hydrogen) atoms. The van der Waals surface area contributed by atoms with Gasteiger partial charge in [0.1, 0.15) is 0 Å². The predicted octanol–water partition coefficient (Wildman–Crippen LogP) is 0.550. The van der Waals surface area contributed by atoms with Crippen molar-refractivity contribution in [3.63, 3.8) is 0 Å². The van der Waals surface area contributed by atoms with Crippen LogP contribution in [-0.4, -0.2) is 19.6 Å². The number of carbonyl (C=O) groups is 1. The van der Waals surface area contributed by atoms with E-state index in [9.17, 15) is 4.79 Å². The van der Waals surface area contributed by atoms with E-state index < -0.39 is 0 Å². The first-order chi connectivity index (χ1) is 4.72. The van der Waals surface area contributed by atoms with Gasteiger partial charge in [-0.1, -0.05) is 0 Å². The summed E-state index contributed by atoms with van der Waals surface area (Å²) in [7, 11) is 1.37. The van der Waals surface area contributed by atoms with Crippen molar-refractivity contribution >= 4 is 5.97 Å². The topological polar surface area (TPSA) is 52.3 Å². The molecule has 0 saturated carbocycles. The van der Waals surface area contributed by atoms with Crippen LogP contribution in [0.25, 0.3) is 0 Å². The first-order valence-electron chi connectivity index (χ1n) is 3.08. The molecule has 0 aromatic carbocycles. The van der Waals surface area contributed by atoms with Crippen LogP contribution in [-0.2, 0) is 28.1 Å². The summed E-state index contributed by atoms with van der Waals surface area (Å²) < 4.78 is 4.31. The second-order valence-electron chi connectivity index (χ2n) is 1.47. The zero-order chi connectivity index (χ0) is 8.41. The number of carbonyl (C=O) groups excluding carboxylic acids is 1. The van der Waals surface area contributed by atoms with Gasteiger partial charge in [0.05, 0.1) is 7.11 Å². The van der Waals surface area contributed by atoms with Crippen molar-refractivity contribution < 1.29 is 28.1 Å². The second-order valence-corrected chi connectivity index (χ2v) is 1.47. The van der Waals surface area contributed by atoms with Gasteiger partial charge in [0, 0.05) is 6.42 Å². The Morgan fingerprint density at radius 1 is 1.55 bits per heavy atom. The molecule has 0 fully saturated rings. The number of ether oxygens (including phenoxy) is 1. The van der Waals surface area contributed by atoms with Gasteiger partial charge in [-0.2, -0.15) is 6.42 Å². The fourth-order valence-electron chi connectivity index (χ4n) is 0.246. The van der Waals surface area contributed by atoms with Gasteiger partial charge in [-0.15, -0.1) is 6.54 Å². The Kier molecular flexibility index (Phi) is 25.9. The molecule has 3 nitrogen and oxygen atoms in total. The first kappa shape index (κ1) is 17.2. The van der Waals surface area contributed by atoms with Crippen molar-refractivity contribution in [3.8, 4) is 0 Å². The third-order valence-electron chi connectivity index (χ3n) is 0.609. The molecule has 0 heterocycles. The SMILES string of the molecule is [CH2-]CCC(=O)OC.[CH2-]CN.[V+2]. The molecular weight excluding hydrogens is 181 g/mol. The molecule has 0 aromatic rings. The van der Waals surface area contributed by atoms with Gasteiger partial charge < -0.3 is 24.3 Å². The summed E-state index contributed by atoms with van der Waals surface area (Å²) >= 11 is 0. The summed E-state index contributed by atoms with van der Waals surface area (Å²) in [5.41, 5.74) is 4.74. The van der Waals surface area contributed by atoms with Crippen LogP contribution in [0.15, 0.2) is 0 Å². The Morgan fingerprint density at radius 3 is 2.00 bits per heavy atom. The number of hydrogen-bond acceptors (Lipinski definition) is 3. The van der Waals surface area contributed by atoms with E-state index in [2.05, 4.69) is 18.6 Å². The van der Waals surface area contributed by atoms with Crippen LogP contribution in [0.4, 0.5) is 0 Å². The fraction of sp³-hybridized carbons (Fsp3) is 0.571. The standard InChI is InChI=1S/C5H9O2.C2H6N.V/c1-3-4-5(6)7-2;1-2-3;/h1,3-4H2,2H3;1-3H2;/q2*-1;+2. The molecule has 0 atom stereocenters. The van der Waals surface area contributed by atoms with Crippen LogP contribution in [0.2, 0.25) is 0 Å². The zero-order valence-electron chi connectivity index (χ0n) is 6.88. The second kappa shape index (κ2) is 16.5. The Morgan fingerprint density at radius 2 is 1.91 bits per heavy atom. The molecule has 0 spiro atoms. The Hall–Kier alpha value is 0.0144. The fourth-order valence-corrected chi connectivity index (χ4v) is 0.246. The molecule has 0 aliphatic carbocycles. The molecule has 0 aromatic heterocycles. The Balaban J connectivity index is -0.000000140. The maximum Gasteiger partial charge on any atom is 2.00 e. The molecule has 4 heteroatoms. The molecule has 2 N–H and O–H groups in total. The molecule has 0 aliphatic heterocycles. The largest absolute Gasteiger partial charge is 2.00 e. The molecule has 0 amide bonds. The zero-order valence-corrected chi connectivity index (χ0v) is 8.27. The molecule has 65 valence electrons. The first-order valence-corrected chi connectivity index (χ1v) is 3.08. The van der Waals surface area contributed by atoms with E-state index in [1.54, 1.807) is 0 Å². The van der Waals surface area contributed by atoms with Crippen LogP contribution in [0, 0.1) is 13.8 Å². The van der Waals surface area contributed by atoms with Crippen molar-refractivity contribution in [2.24, 2.45) is 5.73 Å².